The molecule has 1 fully saturated rings. The third-order valence-electron chi connectivity index (χ3n) is 2.82. The van der Waals surface area contributed by atoms with Crippen LogP contribution in [0.5, 0.6) is 0 Å². The van der Waals surface area contributed by atoms with Gasteiger partial charge in [0, 0.05) is 6.08 Å². The van der Waals surface area contributed by atoms with Crippen LogP contribution in [-0.4, -0.2) is 24.2 Å². The molecule has 1 saturated heterocycles. The lowest BCUT2D eigenvalue weighted by Crippen LogP contribution is -2.19. The molecule has 5 nitrogen and oxygen atoms in total. The van der Waals surface area contributed by atoms with Crippen LogP contribution in [-0.2, 0) is 14.3 Å². The average Bonchev–Trinajstić information content (AvgIpc) is 2.74. The van der Waals surface area contributed by atoms with Gasteiger partial charge in [0.05, 0.1) is 17.7 Å². The Kier molecular flexibility index (Phi) is 4.24. The molecule has 0 saturated carbocycles. The number of carbonyl (C=O) groups is 2. The smallest absolute Gasteiger partial charge is 0.331 e. The van der Waals surface area contributed by atoms with E-state index >= 15 is 0 Å². The number of aliphatic imine (C=N–C) groups is 1. The molecular weight excluding hydrogens is 276 g/mol. The molecule has 0 radical (unpaired) electrons. The number of thioether (sulfide) groups is 1. The SMILES string of the molecule is COC(=O)C=C1SC(=Nc2ccc(C)c(C)c2)NC1=O. The number of nitrogens with one attached hydrogen (secondary N) is 1. The van der Waals surface area contributed by atoms with Crippen molar-refractivity contribution in [2.45, 2.75) is 13.8 Å². The van der Waals surface area contributed by atoms with E-state index in [0.29, 0.717) is 5.17 Å². The summed E-state index contributed by atoms with van der Waals surface area (Å²) >= 11 is 1.12. The maximum absolute atomic E-state index is 11.7. The number of amidine groups is 1. The fourth-order valence-electron chi connectivity index (χ4n) is 1.56. The zero-order valence-corrected chi connectivity index (χ0v) is 12.2. The maximum atomic E-state index is 11.7. The number of methoxy groups -OCH3 is 1. The molecule has 0 bridgehead atoms. The van der Waals surface area contributed by atoms with Crippen LogP contribution >= 0.6 is 11.8 Å². The van der Waals surface area contributed by atoms with Crippen molar-refractivity contribution in [1.29, 1.82) is 0 Å². The van der Waals surface area contributed by atoms with Crippen molar-refractivity contribution in [2.75, 3.05) is 7.11 Å². The van der Waals surface area contributed by atoms with E-state index in [-0.39, 0.29) is 10.8 Å². The zero-order valence-electron chi connectivity index (χ0n) is 11.4. The summed E-state index contributed by atoms with van der Waals surface area (Å²) < 4.78 is 4.49. The molecule has 1 aliphatic rings. The van der Waals surface area contributed by atoms with Crippen LogP contribution in [0.4, 0.5) is 5.69 Å². The number of esters is 1. The van der Waals surface area contributed by atoms with E-state index in [1.165, 1.54) is 12.7 Å². The van der Waals surface area contributed by atoms with E-state index in [1.54, 1.807) is 0 Å². The zero-order chi connectivity index (χ0) is 14.7. The largest absolute Gasteiger partial charge is 0.466 e. The molecule has 1 amide bonds. The Hall–Kier alpha value is -2.08. The van der Waals surface area contributed by atoms with Crippen LogP contribution in [0, 0.1) is 13.8 Å². The van der Waals surface area contributed by atoms with Gasteiger partial charge in [0.25, 0.3) is 5.91 Å². The first-order valence-corrected chi connectivity index (χ1v) is 6.76. The van der Waals surface area contributed by atoms with Gasteiger partial charge in [-0.2, -0.15) is 0 Å². The maximum Gasteiger partial charge on any atom is 0.331 e. The third-order valence-corrected chi connectivity index (χ3v) is 3.73. The van der Waals surface area contributed by atoms with Crippen LogP contribution < -0.4 is 5.32 Å². The van der Waals surface area contributed by atoms with E-state index < -0.39 is 5.97 Å². The molecule has 1 aliphatic heterocycles. The van der Waals surface area contributed by atoms with E-state index in [9.17, 15) is 9.59 Å². The number of amides is 1. The summed E-state index contributed by atoms with van der Waals surface area (Å²) in [5.74, 6) is -0.905. The van der Waals surface area contributed by atoms with Crippen LogP contribution in [0.15, 0.2) is 34.2 Å². The Balaban J connectivity index is 2.21. The lowest BCUT2D eigenvalue weighted by molar-refractivity contribution is -0.135. The van der Waals surface area contributed by atoms with Gasteiger partial charge in [-0.3, -0.25) is 4.79 Å². The molecular formula is C14H14N2O3S. The summed E-state index contributed by atoms with van der Waals surface area (Å²) in [5.41, 5.74) is 3.07. The minimum atomic E-state index is -0.560. The number of ether oxygens (including phenoxy) is 1. The van der Waals surface area contributed by atoms with Crippen molar-refractivity contribution in [2.24, 2.45) is 4.99 Å². The van der Waals surface area contributed by atoms with E-state index in [2.05, 4.69) is 15.0 Å². The molecule has 0 aromatic heterocycles. The molecule has 104 valence electrons. The molecule has 0 aliphatic carbocycles. The Morgan fingerprint density at radius 3 is 2.75 bits per heavy atom. The predicted molar refractivity (Wildman–Crippen MR) is 78.8 cm³/mol. The first-order valence-electron chi connectivity index (χ1n) is 5.94. The summed E-state index contributed by atoms with van der Waals surface area (Å²) in [6.45, 7) is 4.03. The van der Waals surface area contributed by atoms with Crippen molar-refractivity contribution in [1.82, 2.24) is 5.32 Å². The molecule has 0 spiro atoms. The van der Waals surface area contributed by atoms with Gasteiger partial charge in [0.15, 0.2) is 5.17 Å². The van der Waals surface area contributed by atoms with Gasteiger partial charge < -0.3 is 10.1 Å². The average molecular weight is 290 g/mol. The van der Waals surface area contributed by atoms with Gasteiger partial charge in [0.1, 0.15) is 0 Å². The molecule has 6 heteroatoms. The summed E-state index contributed by atoms with van der Waals surface area (Å²) in [6, 6.07) is 5.79. The number of aryl methyl sites for hydroxylation is 2. The van der Waals surface area contributed by atoms with Crippen molar-refractivity contribution < 1.29 is 14.3 Å². The number of hydrogen-bond acceptors (Lipinski definition) is 5. The first kappa shape index (κ1) is 14.3. The van der Waals surface area contributed by atoms with Crippen molar-refractivity contribution in [3.63, 3.8) is 0 Å². The summed E-state index contributed by atoms with van der Waals surface area (Å²) in [6.07, 6.45) is 1.16. The molecule has 20 heavy (non-hydrogen) atoms. The van der Waals surface area contributed by atoms with Crippen LogP contribution in [0.3, 0.4) is 0 Å². The highest BCUT2D eigenvalue weighted by Crippen LogP contribution is 2.26. The van der Waals surface area contributed by atoms with Gasteiger partial charge in [-0.15, -0.1) is 0 Å². The summed E-state index contributed by atoms with van der Waals surface area (Å²) in [5, 5.41) is 3.07. The minimum Gasteiger partial charge on any atom is -0.466 e. The fraction of sp³-hybridized carbons (Fsp3) is 0.214. The number of carbonyl (C=O) groups excluding carboxylic acids is 2. The van der Waals surface area contributed by atoms with Crippen molar-refractivity contribution >= 4 is 34.5 Å². The molecule has 1 heterocycles. The molecule has 0 unspecified atom stereocenters. The normalized spacial score (nSPS) is 18.4. The van der Waals surface area contributed by atoms with E-state index in [1.807, 2.05) is 32.0 Å². The molecule has 1 N–H and O–H groups in total. The highest BCUT2D eigenvalue weighted by molar-refractivity contribution is 8.18. The highest BCUT2D eigenvalue weighted by atomic mass is 32.2. The second-order valence-corrected chi connectivity index (χ2v) is 5.30. The Bertz CT molecular complexity index is 635. The Labute approximate surface area is 121 Å². The second kappa shape index (κ2) is 5.92. The summed E-state index contributed by atoms with van der Waals surface area (Å²) in [7, 11) is 1.26. The standard InChI is InChI=1S/C14H14N2O3S/c1-8-4-5-10(6-9(8)2)15-14-16-13(18)11(20-14)7-12(17)19-3/h4-7H,1-3H3,(H,15,16,18). The van der Waals surface area contributed by atoms with Crippen LogP contribution in [0.2, 0.25) is 0 Å². The van der Waals surface area contributed by atoms with Gasteiger partial charge in [-0.1, -0.05) is 6.07 Å². The lowest BCUT2D eigenvalue weighted by atomic mass is 10.1. The number of hydrogen-bond donors (Lipinski definition) is 1. The molecule has 1 aromatic rings. The highest BCUT2D eigenvalue weighted by Gasteiger charge is 2.24. The van der Waals surface area contributed by atoms with E-state index in [0.717, 1.165) is 29.1 Å². The number of rotatable bonds is 2. The van der Waals surface area contributed by atoms with Crippen molar-refractivity contribution in [3.8, 4) is 0 Å². The first-order chi connectivity index (χ1) is 9.49. The van der Waals surface area contributed by atoms with Gasteiger partial charge >= 0.3 is 5.97 Å². The Morgan fingerprint density at radius 1 is 1.35 bits per heavy atom. The molecule has 1 aromatic carbocycles. The second-order valence-electron chi connectivity index (χ2n) is 4.27. The topological polar surface area (TPSA) is 67.8 Å². The summed E-state index contributed by atoms with van der Waals surface area (Å²) in [4.78, 5) is 27.4. The van der Waals surface area contributed by atoms with Gasteiger partial charge in [-0.05, 0) is 48.9 Å². The molecule has 2 rings (SSSR count). The van der Waals surface area contributed by atoms with Crippen molar-refractivity contribution in [3.05, 3.63) is 40.3 Å². The van der Waals surface area contributed by atoms with Crippen LogP contribution in [0.1, 0.15) is 11.1 Å². The van der Waals surface area contributed by atoms with E-state index in [4.69, 9.17) is 0 Å². The van der Waals surface area contributed by atoms with Gasteiger partial charge in [0.2, 0.25) is 0 Å². The lowest BCUT2D eigenvalue weighted by Gasteiger charge is -2.01. The van der Waals surface area contributed by atoms with Gasteiger partial charge in [-0.25, -0.2) is 9.79 Å². The Morgan fingerprint density at radius 2 is 2.10 bits per heavy atom. The number of benzene rings is 1. The number of nitrogens with zero attached hydrogens (tertiary/aromatic N) is 1. The quantitative estimate of drug-likeness (QED) is 0.670. The van der Waals surface area contributed by atoms with Crippen LogP contribution in [0.25, 0.3) is 0 Å². The molecule has 0 atom stereocenters. The third kappa shape index (κ3) is 3.27. The minimum absolute atomic E-state index is 0.277. The fourth-order valence-corrected chi connectivity index (χ4v) is 2.36. The monoisotopic (exact) mass is 290 g/mol. The predicted octanol–water partition coefficient (Wildman–Crippen LogP) is 2.21.